The third kappa shape index (κ3) is 3.58. The SMILES string of the molecule is CC(C)(NCc1ccccc1)O[C]=O. The van der Waals surface area contributed by atoms with Gasteiger partial charge in [-0.1, -0.05) is 30.3 Å². The van der Waals surface area contributed by atoms with E-state index >= 15 is 0 Å². The van der Waals surface area contributed by atoms with E-state index in [-0.39, 0.29) is 0 Å². The lowest BCUT2D eigenvalue weighted by atomic mass is 10.2. The maximum Gasteiger partial charge on any atom is 0.419 e. The maximum atomic E-state index is 10.0. The Bertz CT molecular complexity index is 283. The van der Waals surface area contributed by atoms with Gasteiger partial charge in [-0.05, 0) is 19.4 Å². The molecule has 0 heterocycles. The molecule has 0 aromatic heterocycles. The summed E-state index contributed by atoms with van der Waals surface area (Å²) in [7, 11) is 0. The molecule has 0 amide bonds. The molecule has 0 unspecified atom stereocenters. The van der Waals surface area contributed by atoms with Gasteiger partial charge in [0.25, 0.3) is 0 Å². The van der Waals surface area contributed by atoms with E-state index < -0.39 is 5.72 Å². The van der Waals surface area contributed by atoms with Gasteiger partial charge in [-0.2, -0.15) is 0 Å². The first kappa shape index (κ1) is 10.7. The van der Waals surface area contributed by atoms with E-state index in [4.69, 9.17) is 4.74 Å². The lowest BCUT2D eigenvalue weighted by molar-refractivity contribution is 0.0519. The summed E-state index contributed by atoms with van der Waals surface area (Å²) < 4.78 is 4.73. The van der Waals surface area contributed by atoms with Crippen LogP contribution in [0.4, 0.5) is 0 Å². The van der Waals surface area contributed by atoms with Crippen molar-refractivity contribution < 1.29 is 9.53 Å². The van der Waals surface area contributed by atoms with Crippen molar-refractivity contribution in [1.29, 1.82) is 0 Å². The standard InChI is InChI=1S/C11H14NO2/c1-11(2,14-9-13)12-8-10-6-4-3-5-7-10/h3-7,12H,8H2,1-2H3. The molecule has 0 spiro atoms. The zero-order chi connectivity index (χ0) is 10.4. The van der Waals surface area contributed by atoms with Crippen molar-refractivity contribution in [1.82, 2.24) is 5.32 Å². The molecule has 75 valence electrons. The first-order chi connectivity index (χ1) is 6.64. The molecule has 0 saturated heterocycles. The molecule has 0 atom stereocenters. The second kappa shape index (κ2) is 4.77. The summed E-state index contributed by atoms with van der Waals surface area (Å²) in [5.74, 6) is 0. The van der Waals surface area contributed by atoms with Crippen molar-refractivity contribution in [3.63, 3.8) is 0 Å². The van der Waals surface area contributed by atoms with Gasteiger partial charge in [-0.3, -0.25) is 5.32 Å². The van der Waals surface area contributed by atoms with E-state index in [0.29, 0.717) is 6.54 Å². The van der Waals surface area contributed by atoms with E-state index in [9.17, 15) is 4.79 Å². The zero-order valence-electron chi connectivity index (χ0n) is 8.41. The molecular formula is C11H14NO2. The molecule has 1 radical (unpaired) electrons. The van der Waals surface area contributed by atoms with Gasteiger partial charge in [-0.15, -0.1) is 0 Å². The lowest BCUT2D eigenvalue weighted by Gasteiger charge is -2.23. The van der Waals surface area contributed by atoms with Crippen molar-refractivity contribution in [2.45, 2.75) is 26.1 Å². The summed E-state index contributed by atoms with van der Waals surface area (Å²) in [6, 6.07) is 9.92. The highest BCUT2D eigenvalue weighted by atomic mass is 16.5. The first-order valence-corrected chi connectivity index (χ1v) is 4.48. The molecule has 0 saturated carbocycles. The van der Waals surface area contributed by atoms with Gasteiger partial charge in [0.15, 0.2) is 5.72 Å². The Hall–Kier alpha value is -1.35. The topological polar surface area (TPSA) is 38.3 Å². The quantitative estimate of drug-likeness (QED) is 0.720. The van der Waals surface area contributed by atoms with E-state index in [0.717, 1.165) is 5.56 Å². The van der Waals surface area contributed by atoms with Crippen LogP contribution in [0.3, 0.4) is 0 Å². The Morgan fingerprint density at radius 3 is 2.57 bits per heavy atom. The number of rotatable bonds is 5. The molecule has 3 heteroatoms. The number of ether oxygens (including phenoxy) is 1. The molecule has 1 aromatic rings. The highest BCUT2D eigenvalue weighted by Gasteiger charge is 2.17. The zero-order valence-corrected chi connectivity index (χ0v) is 8.41. The van der Waals surface area contributed by atoms with Crippen LogP contribution in [0.25, 0.3) is 0 Å². The van der Waals surface area contributed by atoms with E-state index in [1.54, 1.807) is 13.8 Å². The molecule has 3 nitrogen and oxygen atoms in total. The Labute approximate surface area is 84.1 Å². The molecule has 0 bridgehead atoms. The number of hydrogen-bond acceptors (Lipinski definition) is 3. The predicted molar refractivity (Wildman–Crippen MR) is 54.1 cm³/mol. The fourth-order valence-corrected chi connectivity index (χ4v) is 1.05. The van der Waals surface area contributed by atoms with Gasteiger partial charge in [0.1, 0.15) is 0 Å². The Balaban J connectivity index is 2.44. The Kier molecular flexibility index (Phi) is 3.65. The summed E-state index contributed by atoms with van der Waals surface area (Å²) in [6.07, 6.45) is 0. The summed E-state index contributed by atoms with van der Waals surface area (Å²) in [5, 5.41) is 3.09. The largest absolute Gasteiger partial charge is 0.436 e. The summed E-state index contributed by atoms with van der Waals surface area (Å²) in [5.41, 5.74) is 0.479. The molecule has 0 fully saturated rings. The predicted octanol–water partition coefficient (Wildman–Crippen LogP) is 1.60. The van der Waals surface area contributed by atoms with Gasteiger partial charge < -0.3 is 4.74 Å². The van der Waals surface area contributed by atoms with Gasteiger partial charge >= 0.3 is 6.47 Å². The summed E-state index contributed by atoms with van der Waals surface area (Å²) in [4.78, 5) is 10.0. The molecule has 0 aliphatic rings. The van der Waals surface area contributed by atoms with Gasteiger partial charge in [0.05, 0.1) is 0 Å². The van der Waals surface area contributed by atoms with E-state index in [1.165, 1.54) is 6.47 Å². The van der Waals surface area contributed by atoms with Crippen LogP contribution in [0.1, 0.15) is 19.4 Å². The van der Waals surface area contributed by atoms with Crippen LogP contribution >= 0.6 is 0 Å². The number of carbonyl (C=O) groups excluding carboxylic acids is 1. The summed E-state index contributed by atoms with van der Waals surface area (Å²) >= 11 is 0. The number of nitrogens with one attached hydrogen (secondary N) is 1. The van der Waals surface area contributed by atoms with Crippen LogP contribution in [0.2, 0.25) is 0 Å². The molecular weight excluding hydrogens is 178 g/mol. The minimum atomic E-state index is -0.669. The van der Waals surface area contributed by atoms with Crippen molar-refractivity contribution in [2.24, 2.45) is 0 Å². The number of benzene rings is 1. The highest BCUT2D eigenvalue weighted by Crippen LogP contribution is 2.05. The molecule has 14 heavy (non-hydrogen) atoms. The number of hydrogen-bond donors (Lipinski definition) is 1. The van der Waals surface area contributed by atoms with Crippen LogP contribution in [0.5, 0.6) is 0 Å². The van der Waals surface area contributed by atoms with Crippen molar-refractivity contribution in [2.75, 3.05) is 0 Å². The summed E-state index contributed by atoms with van der Waals surface area (Å²) in [6.45, 7) is 5.65. The molecule has 1 N–H and O–H groups in total. The van der Waals surface area contributed by atoms with Crippen LogP contribution in [-0.4, -0.2) is 12.2 Å². The fraction of sp³-hybridized carbons (Fsp3) is 0.364. The van der Waals surface area contributed by atoms with Gasteiger partial charge in [0.2, 0.25) is 0 Å². The molecule has 1 rings (SSSR count). The van der Waals surface area contributed by atoms with Crippen LogP contribution in [0.15, 0.2) is 30.3 Å². The molecule has 1 aromatic carbocycles. The van der Waals surface area contributed by atoms with Crippen LogP contribution in [0, 0.1) is 0 Å². The van der Waals surface area contributed by atoms with Crippen molar-refractivity contribution in [3.8, 4) is 0 Å². The van der Waals surface area contributed by atoms with Crippen molar-refractivity contribution >= 4 is 6.47 Å². The normalized spacial score (nSPS) is 11.0. The lowest BCUT2D eigenvalue weighted by Crippen LogP contribution is -2.41. The minimum Gasteiger partial charge on any atom is -0.436 e. The van der Waals surface area contributed by atoms with Crippen molar-refractivity contribution in [3.05, 3.63) is 35.9 Å². The monoisotopic (exact) mass is 192 g/mol. The van der Waals surface area contributed by atoms with Gasteiger partial charge in [0, 0.05) is 6.54 Å². The van der Waals surface area contributed by atoms with E-state index in [1.807, 2.05) is 30.3 Å². The average Bonchev–Trinajstić information content (AvgIpc) is 2.17. The fourth-order valence-electron chi connectivity index (χ4n) is 1.05. The third-order valence-electron chi connectivity index (χ3n) is 1.86. The third-order valence-corrected chi connectivity index (χ3v) is 1.86. The van der Waals surface area contributed by atoms with Gasteiger partial charge in [-0.25, -0.2) is 4.79 Å². The maximum absolute atomic E-state index is 10.0. The highest BCUT2D eigenvalue weighted by molar-refractivity contribution is 5.39. The molecule has 0 aliphatic heterocycles. The Morgan fingerprint density at radius 1 is 1.36 bits per heavy atom. The minimum absolute atomic E-state index is 0.662. The average molecular weight is 192 g/mol. The van der Waals surface area contributed by atoms with Crippen LogP contribution < -0.4 is 5.32 Å². The smallest absolute Gasteiger partial charge is 0.419 e. The second-order valence-electron chi connectivity index (χ2n) is 3.53. The second-order valence-corrected chi connectivity index (χ2v) is 3.53. The Morgan fingerprint density at radius 2 is 2.00 bits per heavy atom. The molecule has 0 aliphatic carbocycles. The van der Waals surface area contributed by atoms with Crippen LogP contribution in [-0.2, 0) is 16.1 Å². The first-order valence-electron chi connectivity index (χ1n) is 4.48. The van der Waals surface area contributed by atoms with E-state index in [2.05, 4.69) is 5.32 Å².